The number of aldehydes is 2. The van der Waals surface area contributed by atoms with Gasteiger partial charge in [0.2, 0.25) is 0 Å². The molecule has 1 spiro atoms. The molecule has 3 fully saturated rings. The quantitative estimate of drug-likeness (QED) is 0.0956. The van der Waals surface area contributed by atoms with Crippen LogP contribution in [0.1, 0.15) is 102 Å². The molecule has 72 heavy (non-hydrogen) atoms. The number of nitrogens with one attached hydrogen (secondary N) is 4. The first-order valence-corrected chi connectivity index (χ1v) is 22.8. The second-order valence-corrected chi connectivity index (χ2v) is 18.6. The third-order valence-corrected chi connectivity index (χ3v) is 12.8. The first-order chi connectivity index (χ1) is 30.9. The molecule has 4 heterocycles. The second kappa shape index (κ2) is 40.1. The van der Waals surface area contributed by atoms with Gasteiger partial charge in [-0.1, -0.05) is 82.1 Å². The molecule has 4 aliphatic rings. The van der Waals surface area contributed by atoms with Crippen molar-refractivity contribution in [2.24, 2.45) is 16.7 Å². The van der Waals surface area contributed by atoms with Crippen molar-refractivity contribution in [3.63, 3.8) is 0 Å². The number of aromatic nitrogens is 4. The van der Waals surface area contributed by atoms with Gasteiger partial charge in [-0.05, 0) is 92.0 Å². The summed E-state index contributed by atoms with van der Waals surface area (Å²) in [4.78, 5) is 62.9. The number of H-pyrrole nitrogens is 2. The maximum Gasteiger partial charge on any atom is 1.00 e. The summed E-state index contributed by atoms with van der Waals surface area (Å²) >= 11 is 0. The van der Waals surface area contributed by atoms with Crippen LogP contribution in [0, 0.1) is 46.5 Å². The number of amides is 2. The molecule has 0 radical (unpaired) electrons. The molecule has 2 bridgehead atoms. The van der Waals surface area contributed by atoms with Gasteiger partial charge < -0.3 is 74.1 Å². The molecule has 4 N–H and O–H groups in total. The second-order valence-electron chi connectivity index (χ2n) is 18.6. The number of hydrogen-bond donors (Lipinski definition) is 4. The van der Waals surface area contributed by atoms with Gasteiger partial charge in [-0.3, -0.25) is 9.80 Å². The van der Waals surface area contributed by atoms with Crippen molar-refractivity contribution in [3.8, 4) is 33.6 Å². The topological polar surface area (TPSA) is 184 Å². The Morgan fingerprint density at radius 2 is 1.42 bits per heavy atom. The Kier molecular flexibility index (Phi) is 44.0. The van der Waals surface area contributed by atoms with Gasteiger partial charge in [-0.2, -0.15) is 0 Å². The van der Waals surface area contributed by atoms with Gasteiger partial charge in [-0.15, -0.1) is 0 Å². The third-order valence-electron chi connectivity index (χ3n) is 12.8. The van der Waals surface area contributed by atoms with E-state index in [0.29, 0.717) is 36.1 Å². The summed E-state index contributed by atoms with van der Waals surface area (Å²) in [5.41, 5.74) is 9.01. The molecular weight excluding hydrogens is 1390 g/mol. The van der Waals surface area contributed by atoms with Gasteiger partial charge in [0.05, 0.1) is 69.3 Å². The largest absolute Gasteiger partial charge is 1.00 e. The van der Waals surface area contributed by atoms with Crippen LogP contribution >= 0.6 is 0 Å². The average molecular weight is 1470 g/mol. The van der Waals surface area contributed by atoms with E-state index in [-0.39, 0.29) is 318 Å². The van der Waals surface area contributed by atoms with Crippen LogP contribution < -0.4 is 286 Å². The minimum atomic E-state index is -0.586. The molecular formula is C53H80Cs4N8O7. The van der Waals surface area contributed by atoms with Crippen LogP contribution in [0.3, 0.4) is 0 Å². The Labute approximate surface area is 668 Å². The minimum Gasteiger partial charge on any atom is -0.453 e. The summed E-state index contributed by atoms with van der Waals surface area (Å²) in [6.45, 7) is 11.9. The summed E-state index contributed by atoms with van der Waals surface area (Å²) in [6, 6.07) is 17.7. The predicted octanol–water partition coefficient (Wildman–Crippen LogP) is -2.09. The van der Waals surface area contributed by atoms with E-state index in [0.717, 1.165) is 60.4 Å². The summed E-state index contributed by atoms with van der Waals surface area (Å²) in [6.07, 6.45) is 13.7. The van der Waals surface area contributed by atoms with Gasteiger partial charge in [0.15, 0.2) is 0 Å². The van der Waals surface area contributed by atoms with Crippen molar-refractivity contribution in [3.05, 3.63) is 102 Å². The number of ether oxygens (including phenoxy) is 3. The first kappa shape index (κ1) is 79.1. The smallest absolute Gasteiger partial charge is 0.453 e. The molecule has 2 atom stereocenters. The van der Waals surface area contributed by atoms with Crippen LogP contribution in [0.2, 0.25) is 0 Å². The van der Waals surface area contributed by atoms with E-state index in [2.05, 4.69) is 102 Å². The van der Waals surface area contributed by atoms with Gasteiger partial charge in [-0.25, -0.2) is 19.6 Å². The Balaban J connectivity index is -0.00000152. The van der Waals surface area contributed by atoms with Crippen molar-refractivity contribution < 1.29 is 309 Å². The molecule has 15 nitrogen and oxygen atoms in total. The fraction of sp³-hybridized carbons (Fsp3) is 0.509. The Morgan fingerprint density at radius 3 is 1.94 bits per heavy atom. The standard InChI is InChI=1S/C38H48N6O.C7H13NO3.C4H7NO3.4CH3.4Cs/c1-37(15-16-37)25-44-19-5-3-4-6-20-45-24-32-35(42-34(23-44)40-32)30-13-9-28(10-14-30)27-7-11-29(12-8-27)31-22-39-36(41-31)33-21-38(17-18-38)26-43(33)2;1-5(2)6(4-9)8-7(10)11-3;1-8-4(7)5-2-3-6;;;;;;;;/h7-14,22,33H,3-6,15-21,23-26H2,1-2H3,(H,39,41)(H,40,42);4-6H,1-3H3,(H,8,10);3H,2H2,1H3,(H,5,7);4*1H3;;;;/q;;;4*-1;4*+1. The number of imidazole rings is 2. The molecule has 1 saturated heterocycles. The van der Waals surface area contributed by atoms with Crippen molar-refractivity contribution in [1.82, 2.24) is 40.4 Å². The van der Waals surface area contributed by atoms with Crippen molar-refractivity contribution in [2.75, 3.05) is 54.1 Å². The number of rotatable bonds is 11. The predicted molar refractivity (Wildman–Crippen MR) is 272 cm³/mol. The van der Waals surface area contributed by atoms with Crippen LogP contribution in [-0.4, -0.2) is 115 Å². The van der Waals surface area contributed by atoms with Gasteiger partial charge >= 0.3 is 288 Å². The Morgan fingerprint density at radius 1 is 0.833 bits per heavy atom. The van der Waals surface area contributed by atoms with Gasteiger partial charge in [0, 0.05) is 25.3 Å². The minimum absolute atomic E-state index is 0. The normalized spacial score (nSPS) is 17.3. The van der Waals surface area contributed by atoms with E-state index >= 15 is 0 Å². The molecule has 2 aliphatic carbocycles. The fourth-order valence-corrected chi connectivity index (χ4v) is 8.47. The van der Waals surface area contributed by atoms with Gasteiger partial charge in [0.25, 0.3) is 0 Å². The molecule has 2 aromatic heterocycles. The van der Waals surface area contributed by atoms with Crippen LogP contribution in [0.25, 0.3) is 33.6 Å². The van der Waals surface area contributed by atoms with Crippen molar-refractivity contribution in [2.45, 2.75) is 104 Å². The number of methoxy groups -OCH3 is 2. The number of alkyl carbamates (subject to hydrolysis) is 2. The van der Waals surface area contributed by atoms with E-state index in [1.165, 1.54) is 95.4 Å². The number of carbonyl (C=O) groups excluding carboxylic acids is 4. The number of nitrogens with zero attached hydrogens (tertiary/aromatic N) is 4. The maximum atomic E-state index is 10.6. The molecule has 2 unspecified atom stereocenters. The summed E-state index contributed by atoms with van der Waals surface area (Å²) in [5.74, 6) is 2.25. The summed E-state index contributed by atoms with van der Waals surface area (Å²) < 4.78 is 14.6. The molecule has 4 aromatic rings. The monoisotopic (exact) mass is 1470 g/mol. The molecule has 2 saturated carbocycles. The Bertz CT molecular complexity index is 2150. The van der Waals surface area contributed by atoms with E-state index in [9.17, 15) is 19.2 Å². The molecule has 2 amide bonds. The number of fused-ring (bicyclic) bond motifs is 2. The van der Waals surface area contributed by atoms with E-state index < -0.39 is 18.2 Å². The third kappa shape index (κ3) is 25.3. The van der Waals surface area contributed by atoms with Crippen molar-refractivity contribution in [1.29, 1.82) is 0 Å². The zero-order chi connectivity index (χ0) is 45.7. The maximum absolute atomic E-state index is 10.6. The van der Waals surface area contributed by atoms with Crippen LogP contribution in [-0.2, 0) is 37.0 Å². The molecule has 2 aliphatic heterocycles. The summed E-state index contributed by atoms with van der Waals surface area (Å²) in [5, 5.41) is 4.54. The van der Waals surface area contributed by atoms with Crippen LogP contribution in [0.15, 0.2) is 54.7 Å². The van der Waals surface area contributed by atoms with Crippen molar-refractivity contribution >= 4 is 24.8 Å². The number of benzene rings is 2. The summed E-state index contributed by atoms with van der Waals surface area (Å²) in [7, 11) is 4.74. The van der Waals surface area contributed by atoms with Crippen LogP contribution in [0.5, 0.6) is 0 Å². The molecule has 378 valence electrons. The van der Waals surface area contributed by atoms with E-state index in [1.807, 2.05) is 20.0 Å². The average Bonchev–Trinajstić information content (AvgIpc) is 4.03. The number of likely N-dealkylation sites (tertiary alicyclic amines) is 1. The molecule has 8 rings (SSSR count). The van der Waals surface area contributed by atoms with E-state index in [4.69, 9.17) is 14.7 Å². The van der Waals surface area contributed by atoms with Crippen LogP contribution in [0.4, 0.5) is 9.59 Å². The number of carbonyl (C=O) groups is 4. The zero-order valence-electron chi connectivity index (χ0n) is 46.5. The Hall–Kier alpha value is 2.83. The van der Waals surface area contributed by atoms with Gasteiger partial charge in [0.1, 0.15) is 24.2 Å². The fourth-order valence-electron chi connectivity index (χ4n) is 8.47. The first-order valence-electron chi connectivity index (χ1n) is 22.8. The number of aromatic amines is 2. The molecule has 19 heteroatoms. The zero-order valence-corrected chi connectivity index (χ0v) is 71.7. The van der Waals surface area contributed by atoms with E-state index in [1.54, 1.807) is 0 Å². The number of hydrogen-bond acceptors (Lipinski definition) is 11. The molecule has 2 aromatic carbocycles. The SMILES string of the molecule is CN1CC2(CC2)CC1c1ncc(-c2ccc(-c3ccc(-c4nc5[nH]c4COCCCCCCN(CC4(C)CC4)C5)cc3)cc2)[nH]1.COC(=O)NC(C=O)C(C)C.COC(=O)NCC=O.[CH3-].[CH3-].[CH3-].[CH3-].[Cs+].[Cs+].[Cs+].[Cs+].